The number of imidazole rings is 1. The van der Waals surface area contributed by atoms with E-state index < -0.39 is 22.4 Å². The summed E-state index contributed by atoms with van der Waals surface area (Å²) in [5.41, 5.74) is -0.632. The van der Waals surface area contributed by atoms with Gasteiger partial charge in [-0.3, -0.25) is 13.9 Å². The first-order valence-electron chi connectivity index (χ1n) is 6.39. The number of aliphatic hydroxyl groups excluding tert-OH is 1. The number of hydrogen-bond acceptors (Lipinski definition) is 7. The Kier molecular flexibility index (Phi) is 4.26. The van der Waals surface area contributed by atoms with Crippen LogP contribution >= 0.6 is 0 Å². The van der Waals surface area contributed by atoms with Crippen LogP contribution in [-0.4, -0.2) is 41.6 Å². The molecule has 2 aromatic rings. The lowest BCUT2D eigenvalue weighted by atomic mass is 10.2. The summed E-state index contributed by atoms with van der Waals surface area (Å²) < 4.78 is 3.59. The minimum absolute atomic E-state index is 0.00498. The van der Waals surface area contributed by atoms with Crippen LogP contribution in [0.1, 0.15) is 6.42 Å². The number of hydrogen-bond donors (Lipinski definition) is 1. The molecule has 0 aliphatic rings. The van der Waals surface area contributed by atoms with Crippen molar-refractivity contribution in [1.82, 2.24) is 18.7 Å². The zero-order valence-electron chi connectivity index (χ0n) is 12.0. The van der Waals surface area contributed by atoms with E-state index in [0.717, 1.165) is 4.57 Å². The second-order valence-electron chi connectivity index (χ2n) is 4.77. The van der Waals surface area contributed by atoms with Gasteiger partial charge >= 0.3 is 5.69 Å². The van der Waals surface area contributed by atoms with Crippen molar-refractivity contribution in [3.8, 4) is 0 Å². The summed E-state index contributed by atoms with van der Waals surface area (Å²) in [4.78, 5) is 42.1. The molecule has 11 heteroatoms. The van der Waals surface area contributed by atoms with Crippen molar-refractivity contribution in [1.29, 1.82) is 0 Å². The summed E-state index contributed by atoms with van der Waals surface area (Å²) in [6, 6.07) is 0. The molecule has 1 atom stereocenters. The molecule has 0 fully saturated rings. The highest BCUT2D eigenvalue weighted by atomic mass is 16.9. The molecule has 1 unspecified atom stereocenters. The Hall–Kier alpha value is -2.69. The molecule has 0 spiro atoms. The lowest BCUT2D eigenvalue weighted by Gasteiger charge is -2.11. The van der Waals surface area contributed by atoms with Crippen molar-refractivity contribution in [2.45, 2.75) is 19.1 Å². The highest BCUT2D eigenvalue weighted by molar-refractivity contribution is 5.69. The van der Waals surface area contributed by atoms with Crippen LogP contribution in [-0.2, 0) is 25.5 Å². The van der Waals surface area contributed by atoms with E-state index in [2.05, 4.69) is 9.82 Å². The average Bonchev–Trinajstić information content (AvgIpc) is 2.86. The molecule has 0 aliphatic carbocycles. The number of aromatic nitrogens is 4. The average molecular weight is 313 g/mol. The van der Waals surface area contributed by atoms with Crippen molar-refractivity contribution < 1.29 is 15.0 Å². The number of nitrogens with zero attached hydrogens (tertiary/aromatic N) is 5. The Labute approximate surface area is 123 Å². The van der Waals surface area contributed by atoms with Gasteiger partial charge in [0, 0.05) is 14.1 Å². The predicted molar refractivity (Wildman–Crippen MR) is 73.8 cm³/mol. The van der Waals surface area contributed by atoms with E-state index in [1.54, 1.807) is 0 Å². The SMILES string of the molecule is Cn1c(=O)c2c(ncn2CC(O)CCO[N+](=O)[O-])n(C)c1=O. The molecular formula is C11H15N5O6. The van der Waals surface area contributed by atoms with E-state index in [0.29, 0.717) is 0 Å². The van der Waals surface area contributed by atoms with Gasteiger partial charge in [0.1, 0.15) is 0 Å². The zero-order chi connectivity index (χ0) is 16.4. The molecule has 11 nitrogen and oxygen atoms in total. The van der Waals surface area contributed by atoms with Crippen LogP contribution in [0, 0.1) is 10.1 Å². The maximum absolute atomic E-state index is 12.2. The van der Waals surface area contributed by atoms with Crippen LogP contribution in [0.25, 0.3) is 11.2 Å². The lowest BCUT2D eigenvalue weighted by Crippen LogP contribution is -2.37. The van der Waals surface area contributed by atoms with E-state index in [4.69, 9.17) is 0 Å². The Balaban J connectivity index is 2.28. The first-order chi connectivity index (χ1) is 10.3. The third kappa shape index (κ3) is 2.83. The molecule has 22 heavy (non-hydrogen) atoms. The summed E-state index contributed by atoms with van der Waals surface area (Å²) in [5.74, 6) is 0. The number of aliphatic hydroxyl groups is 1. The molecule has 0 amide bonds. The minimum Gasteiger partial charge on any atom is -0.391 e. The van der Waals surface area contributed by atoms with Crippen molar-refractivity contribution >= 4 is 11.2 Å². The molecule has 2 heterocycles. The smallest absolute Gasteiger partial charge is 0.332 e. The first-order valence-corrected chi connectivity index (χ1v) is 6.39. The van der Waals surface area contributed by atoms with Crippen LogP contribution in [0.2, 0.25) is 0 Å². The van der Waals surface area contributed by atoms with Gasteiger partial charge in [-0.25, -0.2) is 9.78 Å². The highest BCUT2D eigenvalue weighted by Gasteiger charge is 2.16. The summed E-state index contributed by atoms with van der Waals surface area (Å²) in [5, 5.41) is 18.9. The molecule has 0 bridgehead atoms. The molecule has 0 saturated heterocycles. The molecule has 0 aliphatic heterocycles. The largest absolute Gasteiger partial charge is 0.391 e. The minimum atomic E-state index is -0.959. The van der Waals surface area contributed by atoms with E-state index >= 15 is 0 Å². The van der Waals surface area contributed by atoms with Gasteiger partial charge in [0.05, 0.1) is 25.6 Å². The Morgan fingerprint density at radius 3 is 2.73 bits per heavy atom. The zero-order valence-corrected chi connectivity index (χ0v) is 12.0. The van der Waals surface area contributed by atoms with Crippen molar-refractivity contribution in [3.63, 3.8) is 0 Å². The van der Waals surface area contributed by atoms with Crippen LogP contribution in [0.5, 0.6) is 0 Å². The quantitative estimate of drug-likeness (QED) is 0.501. The van der Waals surface area contributed by atoms with E-state index in [1.807, 2.05) is 0 Å². The standard InChI is InChI=1S/C11H15N5O6/c1-13-9-8(10(18)14(2)11(13)19)15(6-12-9)5-7(17)3-4-22-16(20)21/h6-7,17H,3-5H2,1-2H3. The van der Waals surface area contributed by atoms with Gasteiger partial charge in [0.2, 0.25) is 0 Å². The monoisotopic (exact) mass is 313 g/mol. The normalized spacial score (nSPS) is 12.5. The summed E-state index contributed by atoms with van der Waals surface area (Å²) in [6.07, 6.45) is 0.398. The van der Waals surface area contributed by atoms with Crippen molar-refractivity contribution in [2.24, 2.45) is 14.1 Å². The predicted octanol–water partition coefficient (Wildman–Crippen LogP) is -1.61. The van der Waals surface area contributed by atoms with Crippen LogP contribution in [0.15, 0.2) is 15.9 Å². The fraction of sp³-hybridized carbons (Fsp3) is 0.545. The molecule has 2 rings (SSSR count). The van der Waals surface area contributed by atoms with Gasteiger partial charge in [0.15, 0.2) is 11.2 Å². The molecule has 120 valence electrons. The van der Waals surface area contributed by atoms with E-state index in [1.165, 1.54) is 29.6 Å². The van der Waals surface area contributed by atoms with Crippen LogP contribution in [0.3, 0.4) is 0 Å². The lowest BCUT2D eigenvalue weighted by molar-refractivity contribution is -0.758. The maximum Gasteiger partial charge on any atom is 0.332 e. The van der Waals surface area contributed by atoms with Gasteiger partial charge < -0.3 is 14.5 Å². The fourth-order valence-electron chi connectivity index (χ4n) is 2.12. The Bertz CT molecular complexity index is 819. The van der Waals surface area contributed by atoms with Gasteiger partial charge in [0.25, 0.3) is 10.6 Å². The number of rotatable bonds is 6. The van der Waals surface area contributed by atoms with Gasteiger partial charge in [-0.15, -0.1) is 10.1 Å². The second-order valence-corrected chi connectivity index (χ2v) is 4.77. The molecule has 0 saturated carbocycles. The van der Waals surface area contributed by atoms with Gasteiger partial charge in [-0.05, 0) is 6.42 Å². The fourth-order valence-corrected chi connectivity index (χ4v) is 2.12. The highest BCUT2D eigenvalue weighted by Crippen LogP contribution is 2.07. The Morgan fingerprint density at radius 2 is 2.09 bits per heavy atom. The molecule has 0 aromatic carbocycles. The molecule has 1 N–H and O–H groups in total. The third-order valence-electron chi connectivity index (χ3n) is 3.27. The van der Waals surface area contributed by atoms with Gasteiger partial charge in [-0.2, -0.15) is 0 Å². The first kappa shape index (κ1) is 15.7. The second kappa shape index (κ2) is 5.97. The molecule has 0 radical (unpaired) electrons. The van der Waals surface area contributed by atoms with Crippen LogP contribution in [0.4, 0.5) is 0 Å². The number of aryl methyl sites for hydroxylation is 1. The summed E-state index contributed by atoms with van der Waals surface area (Å²) in [7, 11) is 2.84. The third-order valence-corrected chi connectivity index (χ3v) is 3.27. The van der Waals surface area contributed by atoms with Crippen molar-refractivity contribution in [3.05, 3.63) is 37.3 Å². The van der Waals surface area contributed by atoms with Crippen LogP contribution < -0.4 is 11.2 Å². The Morgan fingerprint density at radius 1 is 1.41 bits per heavy atom. The molecular weight excluding hydrogens is 298 g/mol. The number of fused-ring (bicyclic) bond motifs is 1. The van der Waals surface area contributed by atoms with Crippen molar-refractivity contribution in [2.75, 3.05) is 6.61 Å². The van der Waals surface area contributed by atoms with E-state index in [9.17, 15) is 24.8 Å². The summed E-state index contributed by atoms with van der Waals surface area (Å²) >= 11 is 0. The topological polar surface area (TPSA) is 134 Å². The summed E-state index contributed by atoms with van der Waals surface area (Å²) in [6.45, 7) is -0.248. The maximum atomic E-state index is 12.2. The van der Waals surface area contributed by atoms with Gasteiger partial charge in [-0.1, -0.05) is 0 Å². The molecule has 2 aromatic heterocycles. The van der Waals surface area contributed by atoms with E-state index in [-0.39, 0.29) is 30.7 Å².